The molecule has 4 aliphatic heterocycles. The van der Waals surface area contributed by atoms with Gasteiger partial charge >= 0.3 is 0 Å². The maximum absolute atomic E-state index is 12.7. The molecule has 4 aliphatic rings. The van der Waals surface area contributed by atoms with Crippen LogP contribution in [0.1, 0.15) is 34.6 Å². The molecule has 8 nitrogen and oxygen atoms in total. The number of epoxide rings is 1. The van der Waals surface area contributed by atoms with Gasteiger partial charge in [-0.3, -0.25) is 14.4 Å². The summed E-state index contributed by atoms with van der Waals surface area (Å²) in [6.45, 7) is 9.34. The van der Waals surface area contributed by atoms with Crippen LogP contribution in [-0.4, -0.2) is 58.8 Å². The summed E-state index contributed by atoms with van der Waals surface area (Å²) in [5.41, 5.74) is -0.167. The van der Waals surface area contributed by atoms with Crippen molar-refractivity contribution in [2.24, 2.45) is 11.8 Å². The number of Topliss-reactive ketones (excluding diaryl/α,β-unsaturated/α-hetero) is 2. The fourth-order valence-electron chi connectivity index (χ4n) is 4.67. The quantitative estimate of drug-likeness (QED) is 0.234. The molecule has 4 heterocycles. The Labute approximate surface area is 174 Å². The van der Waals surface area contributed by atoms with Gasteiger partial charge in [0, 0.05) is 11.8 Å². The van der Waals surface area contributed by atoms with Crippen molar-refractivity contribution < 1.29 is 33.7 Å². The minimum absolute atomic E-state index is 0.0281. The fraction of sp³-hybridized carbons (Fsp3) is 0.591. The zero-order valence-electron chi connectivity index (χ0n) is 17.7. The van der Waals surface area contributed by atoms with Crippen LogP contribution in [-0.2, 0) is 28.6 Å². The number of aliphatic hydroxyl groups is 1. The Bertz CT molecular complexity index is 900. The lowest BCUT2D eigenvalue weighted by Crippen LogP contribution is -2.66. The van der Waals surface area contributed by atoms with Gasteiger partial charge in [-0.15, -0.1) is 0 Å². The zero-order valence-corrected chi connectivity index (χ0v) is 17.7. The van der Waals surface area contributed by atoms with Crippen molar-refractivity contribution in [1.29, 1.82) is 0 Å². The van der Waals surface area contributed by atoms with Crippen molar-refractivity contribution >= 4 is 17.5 Å². The smallest absolute Gasteiger partial charge is 0.259 e. The molecule has 2 bridgehead atoms. The van der Waals surface area contributed by atoms with Crippen molar-refractivity contribution in [2.75, 3.05) is 6.54 Å². The van der Waals surface area contributed by atoms with E-state index in [2.05, 4.69) is 5.32 Å². The highest BCUT2D eigenvalue weighted by molar-refractivity contribution is 6.25. The second-order valence-electron chi connectivity index (χ2n) is 8.90. The number of hydrogen-bond acceptors (Lipinski definition) is 7. The van der Waals surface area contributed by atoms with E-state index < -0.39 is 35.3 Å². The number of ether oxygens (including phenoxy) is 3. The third-order valence-electron chi connectivity index (χ3n) is 6.67. The van der Waals surface area contributed by atoms with Gasteiger partial charge in [-0.2, -0.15) is 0 Å². The molecule has 162 valence electrons. The Hall–Kier alpha value is -2.29. The van der Waals surface area contributed by atoms with E-state index in [-0.39, 0.29) is 41.6 Å². The normalized spacial score (nSPS) is 43.5. The van der Waals surface area contributed by atoms with Crippen LogP contribution >= 0.6 is 0 Å². The number of hydrogen-bond donors (Lipinski definition) is 2. The van der Waals surface area contributed by atoms with Crippen LogP contribution in [0.4, 0.5) is 0 Å². The lowest BCUT2D eigenvalue weighted by Gasteiger charge is -2.51. The Morgan fingerprint density at radius 1 is 1.20 bits per heavy atom. The molecule has 0 aromatic heterocycles. The van der Waals surface area contributed by atoms with Gasteiger partial charge in [-0.05, 0) is 26.8 Å². The Morgan fingerprint density at radius 3 is 2.53 bits per heavy atom. The van der Waals surface area contributed by atoms with Gasteiger partial charge in [0.15, 0.2) is 29.1 Å². The van der Waals surface area contributed by atoms with E-state index in [0.717, 1.165) is 5.57 Å². The second-order valence-corrected chi connectivity index (χ2v) is 8.90. The van der Waals surface area contributed by atoms with E-state index in [0.29, 0.717) is 0 Å². The highest BCUT2D eigenvalue weighted by atomic mass is 16.8. The van der Waals surface area contributed by atoms with Gasteiger partial charge in [0.2, 0.25) is 0 Å². The number of amides is 1. The molecule has 0 unspecified atom stereocenters. The standard InChI is InChI=1S/C22H27NO7/c1-10(6-7-13(24)15-14(25)9-23-20(15)27)8-11(2)17-12(3)18-16(26)19-21(4,30-19)22(5,28-17)29-18/h6-8,11-12,17-19,24H,9H2,1-5H3,(H,23,27)/b7-6+,10-8?,15-13+/t11-,12-,17-,18+,19-,21-,22+/m1/s1. The maximum Gasteiger partial charge on any atom is 0.259 e. The van der Waals surface area contributed by atoms with Crippen molar-refractivity contribution in [2.45, 2.75) is 64.3 Å². The summed E-state index contributed by atoms with van der Waals surface area (Å²) in [5.74, 6) is -2.59. The van der Waals surface area contributed by atoms with Crippen LogP contribution in [0.15, 0.2) is 35.1 Å². The lowest BCUT2D eigenvalue weighted by molar-refractivity contribution is -0.350. The lowest BCUT2D eigenvalue weighted by atomic mass is 9.78. The summed E-state index contributed by atoms with van der Waals surface area (Å²) < 4.78 is 18.0. The average molecular weight is 417 g/mol. The summed E-state index contributed by atoms with van der Waals surface area (Å²) >= 11 is 0. The summed E-state index contributed by atoms with van der Waals surface area (Å²) in [4.78, 5) is 36.0. The monoisotopic (exact) mass is 417 g/mol. The predicted molar refractivity (Wildman–Crippen MR) is 105 cm³/mol. The summed E-state index contributed by atoms with van der Waals surface area (Å²) in [5, 5.41) is 12.5. The number of fused-ring (bicyclic) bond motifs is 4. The number of ketones is 2. The first-order valence-electron chi connectivity index (χ1n) is 10.2. The van der Waals surface area contributed by atoms with E-state index in [1.165, 1.54) is 6.08 Å². The van der Waals surface area contributed by atoms with E-state index in [9.17, 15) is 19.5 Å². The van der Waals surface area contributed by atoms with Crippen molar-refractivity contribution in [3.63, 3.8) is 0 Å². The topological polar surface area (TPSA) is 114 Å². The van der Waals surface area contributed by atoms with E-state index in [1.807, 2.05) is 40.7 Å². The van der Waals surface area contributed by atoms with Crippen LogP contribution in [0.5, 0.6) is 0 Å². The molecule has 1 amide bonds. The first-order chi connectivity index (χ1) is 14.0. The Kier molecular flexibility index (Phi) is 4.80. The first-order valence-corrected chi connectivity index (χ1v) is 10.2. The Morgan fingerprint density at radius 2 is 1.90 bits per heavy atom. The average Bonchev–Trinajstić information content (AvgIpc) is 3.29. The molecule has 0 aromatic carbocycles. The number of carbonyl (C=O) groups is 3. The summed E-state index contributed by atoms with van der Waals surface area (Å²) in [6.07, 6.45) is 3.64. The van der Waals surface area contributed by atoms with Crippen molar-refractivity contribution in [1.82, 2.24) is 5.32 Å². The highest BCUT2D eigenvalue weighted by Crippen LogP contribution is 2.57. The fourth-order valence-corrected chi connectivity index (χ4v) is 4.67. The highest BCUT2D eigenvalue weighted by Gasteiger charge is 2.76. The molecule has 4 saturated heterocycles. The molecule has 0 radical (unpaired) electrons. The van der Waals surface area contributed by atoms with Gasteiger partial charge in [0.05, 0.1) is 12.6 Å². The SMILES string of the molecule is CC(=C[C@@H](C)[C@H]1O[C@@]2(C)O[C@H](C(=O)[C@H]3O[C@]32C)[C@@H]1C)/C=C/C(O)=C1/C(=O)CNC1=O. The molecule has 0 spiro atoms. The molecule has 0 saturated carbocycles. The second kappa shape index (κ2) is 6.87. The molecule has 30 heavy (non-hydrogen) atoms. The van der Waals surface area contributed by atoms with E-state index in [1.54, 1.807) is 6.08 Å². The van der Waals surface area contributed by atoms with E-state index >= 15 is 0 Å². The third kappa shape index (κ3) is 3.05. The molecular formula is C22H27NO7. The maximum atomic E-state index is 12.7. The molecule has 2 N–H and O–H groups in total. The van der Waals surface area contributed by atoms with E-state index in [4.69, 9.17) is 14.2 Å². The first kappa shape index (κ1) is 21.0. The minimum atomic E-state index is -0.988. The van der Waals surface area contributed by atoms with Crippen molar-refractivity contribution in [3.05, 3.63) is 35.1 Å². The molecule has 7 atom stereocenters. The molecular weight excluding hydrogens is 390 g/mol. The number of carbonyl (C=O) groups excluding carboxylic acids is 3. The van der Waals surface area contributed by atoms with Crippen LogP contribution in [0.3, 0.4) is 0 Å². The molecule has 0 aliphatic carbocycles. The third-order valence-corrected chi connectivity index (χ3v) is 6.67. The number of nitrogens with one attached hydrogen (secondary N) is 1. The Balaban J connectivity index is 1.51. The summed E-state index contributed by atoms with van der Waals surface area (Å²) in [7, 11) is 0. The zero-order chi connectivity index (χ0) is 22.0. The molecule has 8 heteroatoms. The number of rotatable bonds is 4. The van der Waals surface area contributed by atoms with Gasteiger partial charge in [0.1, 0.15) is 17.4 Å². The molecule has 4 rings (SSSR count). The van der Waals surface area contributed by atoms with Gasteiger partial charge in [-0.25, -0.2) is 0 Å². The van der Waals surface area contributed by atoms with Gasteiger partial charge in [-0.1, -0.05) is 31.6 Å². The number of aliphatic hydroxyl groups excluding tert-OH is 1. The largest absolute Gasteiger partial charge is 0.507 e. The summed E-state index contributed by atoms with van der Waals surface area (Å²) in [6, 6.07) is 0. The van der Waals surface area contributed by atoms with Crippen LogP contribution in [0, 0.1) is 11.8 Å². The number of allylic oxidation sites excluding steroid dienone is 3. The van der Waals surface area contributed by atoms with Crippen LogP contribution < -0.4 is 5.32 Å². The molecule has 0 aromatic rings. The van der Waals surface area contributed by atoms with Gasteiger partial charge < -0.3 is 24.6 Å². The van der Waals surface area contributed by atoms with Crippen molar-refractivity contribution in [3.8, 4) is 0 Å². The van der Waals surface area contributed by atoms with Gasteiger partial charge in [0.25, 0.3) is 5.91 Å². The molecule has 4 fully saturated rings. The van der Waals surface area contributed by atoms with Crippen LogP contribution in [0.25, 0.3) is 0 Å². The minimum Gasteiger partial charge on any atom is -0.507 e. The predicted octanol–water partition coefficient (Wildman–Crippen LogP) is 1.51. The van der Waals surface area contributed by atoms with Crippen LogP contribution in [0.2, 0.25) is 0 Å².